The van der Waals surface area contributed by atoms with Gasteiger partial charge >= 0.3 is 6.09 Å². The van der Waals surface area contributed by atoms with E-state index < -0.39 is 30.1 Å². The monoisotopic (exact) mass is 262 g/mol. The number of likely N-dealkylation sites (tertiary alicyclic amines) is 1. The van der Waals surface area contributed by atoms with Crippen molar-refractivity contribution in [3.8, 4) is 0 Å². The summed E-state index contributed by atoms with van der Waals surface area (Å²) in [5.74, 6) is -3.67. The van der Waals surface area contributed by atoms with Gasteiger partial charge in [0.15, 0.2) is 0 Å². The molecular weight excluding hydrogens is 242 g/mol. The van der Waals surface area contributed by atoms with Crippen LogP contribution in [0.2, 0.25) is 0 Å². The zero-order valence-corrected chi connectivity index (χ0v) is 11.0. The second kappa shape index (κ2) is 4.33. The van der Waals surface area contributed by atoms with Crippen molar-refractivity contribution in [2.45, 2.75) is 32.3 Å². The zero-order chi connectivity index (χ0) is 13.6. The molecule has 1 amide bonds. The molecular formula is C12H20F2N2O2. The number of halogens is 2. The molecule has 4 nitrogen and oxygen atoms in total. The maximum Gasteiger partial charge on any atom is 0.410 e. The van der Waals surface area contributed by atoms with E-state index in [1.807, 2.05) is 0 Å². The SMILES string of the molecule is CC(C)(C)OC(=O)N1C[C@H]2CNC[C@H]2C(F)(F)C1. The molecule has 0 radical (unpaired) electrons. The van der Waals surface area contributed by atoms with E-state index >= 15 is 0 Å². The van der Waals surface area contributed by atoms with Crippen LogP contribution in [0, 0.1) is 11.8 Å². The van der Waals surface area contributed by atoms with Gasteiger partial charge in [0.05, 0.1) is 6.54 Å². The highest BCUT2D eigenvalue weighted by atomic mass is 19.3. The molecule has 0 saturated carbocycles. The van der Waals surface area contributed by atoms with Crippen molar-refractivity contribution in [2.75, 3.05) is 26.2 Å². The first-order chi connectivity index (χ1) is 8.19. The van der Waals surface area contributed by atoms with Gasteiger partial charge in [0.2, 0.25) is 0 Å². The summed E-state index contributed by atoms with van der Waals surface area (Å²) in [6, 6.07) is 0. The van der Waals surface area contributed by atoms with Gasteiger partial charge in [-0.2, -0.15) is 0 Å². The predicted molar refractivity (Wildman–Crippen MR) is 62.6 cm³/mol. The van der Waals surface area contributed by atoms with Gasteiger partial charge in [-0.3, -0.25) is 0 Å². The Morgan fingerprint density at radius 1 is 1.39 bits per heavy atom. The van der Waals surface area contributed by atoms with Gasteiger partial charge in [0.25, 0.3) is 5.92 Å². The molecule has 0 bridgehead atoms. The summed E-state index contributed by atoms with van der Waals surface area (Å²) in [6.07, 6.45) is -0.646. The number of amides is 1. The standard InChI is InChI=1S/C12H20F2N2O2/c1-11(2,3)18-10(17)16-6-8-4-15-5-9(8)12(13,14)7-16/h8-9,15H,4-7H2,1-3H3/t8-,9-/m1/s1. The lowest BCUT2D eigenvalue weighted by atomic mass is 9.86. The summed E-state index contributed by atoms with van der Waals surface area (Å²) >= 11 is 0. The van der Waals surface area contributed by atoms with E-state index in [2.05, 4.69) is 5.32 Å². The van der Waals surface area contributed by atoms with E-state index in [4.69, 9.17) is 4.74 Å². The Kier molecular flexibility index (Phi) is 3.25. The van der Waals surface area contributed by atoms with Gasteiger partial charge in [0, 0.05) is 25.6 Å². The fourth-order valence-electron chi connectivity index (χ4n) is 2.60. The maximum atomic E-state index is 13.9. The molecule has 0 aliphatic carbocycles. The van der Waals surface area contributed by atoms with E-state index in [-0.39, 0.29) is 5.92 Å². The van der Waals surface area contributed by atoms with Crippen LogP contribution in [0.1, 0.15) is 20.8 Å². The van der Waals surface area contributed by atoms with Crippen LogP contribution in [0.5, 0.6) is 0 Å². The summed E-state index contributed by atoms with van der Waals surface area (Å²) in [6.45, 7) is 5.87. The molecule has 0 spiro atoms. The van der Waals surface area contributed by atoms with Crippen molar-refractivity contribution in [1.29, 1.82) is 0 Å². The number of alkyl halides is 2. The van der Waals surface area contributed by atoms with Gasteiger partial charge in [-0.1, -0.05) is 0 Å². The smallest absolute Gasteiger partial charge is 0.410 e. The number of ether oxygens (including phenoxy) is 1. The number of nitrogens with zero attached hydrogens (tertiary/aromatic N) is 1. The van der Waals surface area contributed by atoms with Crippen LogP contribution in [-0.2, 0) is 4.74 Å². The number of fused-ring (bicyclic) bond motifs is 1. The molecule has 1 N–H and O–H groups in total. The zero-order valence-electron chi connectivity index (χ0n) is 11.0. The average Bonchev–Trinajstić information content (AvgIpc) is 2.62. The maximum absolute atomic E-state index is 13.9. The van der Waals surface area contributed by atoms with E-state index in [9.17, 15) is 13.6 Å². The molecule has 0 aromatic heterocycles. The minimum absolute atomic E-state index is 0.179. The van der Waals surface area contributed by atoms with Crippen LogP contribution in [-0.4, -0.2) is 48.7 Å². The van der Waals surface area contributed by atoms with Crippen LogP contribution in [0.3, 0.4) is 0 Å². The number of hydrogen-bond donors (Lipinski definition) is 1. The van der Waals surface area contributed by atoms with Crippen molar-refractivity contribution in [1.82, 2.24) is 10.2 Å². The molecule has 2 atom stereocenters. The molecule has 2 heterocycles. The lowest BCUT2D eigenvalue weighted by molar-refractivity contribution is -0.119. The molecule has 0 unspecified atom stereocenters. The summed E-state index contributed by atoms with van der Waals surface area (Å²) in [7, 11) is 0. The number of rotatable bonds is 0. The normalized spacial score (nSPS) is 31.1. The first-order valence-electron chi connectivity index (χ1n) is 6.25. The van der Waals surface area contributed by atoms with Gasteiger partial charge < -0.3 is 15.0 Å². The largest absolute Gasteiger partial charge is 0.444 e. The fourth-order valence-corrected chi connectivity index (χ4v) is 2.60. The molecule has 18 heavy (non-hydrogen) atoms. The summed E-state index contributed by atoms with van der Waals surface area (Å²) in [5, 5.41) is 2.97. The number of carbonyl (C=O) groups is 1. The summed E-state index contributed by atoms with van der Waals surface area (Å²) in [4.78, 5) is 13.0. The van der Waals surface area contributed by atoms with Gasteiger partial charge in [-0.05, 0) is 26.7 Å². The third-order valence-electron chi connectivity index (χ3n) is 3.39. The first-order valence-corrected chi connectivity index (χ1v) is 6.25. The lowest BCUT2D eigenvalue weighted by Gasteiger charge is -2.40. The highest BCUT2D eigenvalue weighted by molar-refractivity contribution is 5.68. The molecule has 104 valence electrons. The van der Waals surface area contributed by atoms with Crippen LogP contribution in [0.15, 0.2) is 0 Å². The second-order valence-corrected chi connectivity index (χ2v) is 6.15. The fraction of sp³-hybridized carbons (Fsp3) is 0.917. The topological polar surface area (TPSA) is 41.6 Å². The van der Waals surface area contributed by atoms with Gasteiger partial charge in [0.1, 0.15) is 5.60 Å². The van der Waals surface area contributed by atoms with Crippen LogP contribution >= 0.6 is 0 Å². The molecule has 0 aromatic carbocycles. The van der Waals surface area contributed by atoms with Gasteiger partial charge in [-0.15, -0.1) is 0 Å². The Labute approximate surface area is 106 Å². The van der Waals surface area contributed by atoms with Crippen LogP contribution in [0.4, 0.5) is 13.6 Å². The number of carbonyl (C=O) groups excluding carboxylic acids is 1. The quantitative estimate of drug-likeness (QED) is 0.722. The highest BCUT2D eigenvalue weighted by Crippen LogP contribution is 2.38. The number of nitrogens with one attached hydrogen (secondary N) is 1. The molecule has 2 rings (SSSR count). The molecule has 6 heteroatoms. The van der Waals surface area contributed by atoms with Crippen LogP contribution in [0.25, 0.3) is 0 Å². The highest BCUT2D eigenvalue weighted by Gasteiger charge is 2.53. The van der Waals surface area contributed by atoms with Crippen LogP contribution < -0.4 is 5.32 Å². The summed E-state index contributed by atoms with van der Waals surface area (Å²) < 4.78 is 33.0. The third-order valence-corrected chi connectivity index (χ3v) is 3.39. The second-order valence-electron chi connectivity index (χ2n) is 6.15. The third kappa shape index (κ3) is 2.74. The van der Waals surface area contributed by atoms with E-state index in [1.54, 1.807) is 20.8 Å². The Morgan fingerprint density at radius 3 is 2.67 bits per heavy atom. The average molecular weight is 262 g/mol. The van der Waals surface area contributed by atoms with E-state index in [0.717, 1.165) is 4.90 Å². The van der Waals surface area contributed by atoms with E-state index in [1.165, 1.54) is 0 Å². The Morgan fingerprint density at radius 2 is 2.06 bits per heavy atom. The van der Waals surface area contributed by atoms with E-state index in [0.29, 0.717) is 19.6 Å². The lowest BCUT2D eigenvalue weighted by Crippen LogP contribution is -2.55. The number of hydrogen-bond acceptors (Lipinski definition) is 3. The molecule has 2 aliphatic heterocycles. The molecule has 0 aromatic rings. The van der Waals surface area contributed by atoms with Crippen molar-refractivity contribution in [3.63, 3.8) is 0 Å². The molecule has 2 fully saturated rings. The summed E-state index contributed by atoms with van der Waals surface area (Å²) in [5.41, 5.74) is -0.656. The first kappa shape index (κ1) is 13.5. The molecule has 2 saturated heterocycles. The minimum atomic E-state index is -2.83. The predicted octanol–water partition coefficient (Wildman–Crippen LogP) is 1.71. The van der Waals surface area contributed by atoms with Gasteiger partial charge in [-0.25, -0.2) is 13.6 Å². The Bertz CT molecular complexity index is 341. The minimum Gasteiger partial charge on any atom is -0.444 e. The van der Waals surface area contributed by atoms with Crippen molar-refractivity contribution < 1.29 is 18.3 Å². The van der Waals surface area contributed by atoms with Crippen molar-refractivity contribution in [3.05, 3.63) is 0 Å². The van der Waals surface area contributed by atoms with Crippen molar-refractivity contribution in [2.24, 2.45) is 11.8 Å². The van der Waals surface area contributed by atoms with Crippen molar-refractivity contribution >= 4 is 6.09 Å². The number of piperidine rings is 1. The molecule has 2 aliphatic rings. The Hall–Kier alpha value is -0.910. The Balaban J connectivity index is 2.05.